The summed E-state index contributed by atoms with van der Waals surface area (Å²) < 4.78 is 4.79. The molecule has 8 heteroatoms. The van der Waals surface area contributed by atoms with Crippen LogP contribution in [0.2, 0.25) is 0 Å². The third-order valence-electron chi connectivity index (χ3n) is 3.26. The number of thiophene rings is 2. The number of hydrogen-bond acceptors (Lipinski definition) is 7. The second kappa shape index (κ2) is 8.68. The fourth-order valence-corrected chi connectivity index (χ4v) is 3.67. The molecule has 1 N–H and O–H groups in total. The Hall–Kier alpha value is -2.32. The largest absolute Gasteiger partial charge is 0.456 e. The van der Waals surface area contributed by atoms with Gasteiger partial charge in [-0.05, 0) is 31.4 Å². The number of aryl methyl sites for hydroxylation is 2. The maximum atomic E-state index is 12.1. The molecule has 132 valence electrons. The summed E-state index contributed by atoms with van der Waals surface area (Å²) in [6.07, 6.45) is -0.0924. The smallest absolute Gasteiger partial charge is 0.306 e. The van der Waals surface area contributed by atoms with E-state index >= 15 is 0 Å². The number of carbonyl (C=O) groups excluding carboxylic acids is 4. The summed E-state index contributed by atoms with van der Waals surface area (Å²) in [6, 6.07) is 5.08. The predicted octanol–water partition coefficient (Wildman–Crippen LogP) is 2.89. The lowest BCUT2D eigenvalue weighted by atomic mass is 10.1. The highest BCUT2D eigenvalue weighted by Gasteiger charge is 2.16. The van der Waals surface area contributed by atoms with Crippen LogP contribution in [0.4, 0.5) is 0 Å². The van der Waals surface area contributed by atoms with Crippen LogP contribution < -0.4 is 5.32 Å². The SMILES string of the molecule is Cc1cc(C(=O)CCC(=O)OCC(=O)NC(=O)c2cccs2)c(C)s1. The van der Waals surface area contributed by atoms with Crippen molar-refractivity contribution in [2.24, 2.45) is 0 Å². The number of rotatable bonds is 7. The minimum Gasteiger partial charge on any atom is -0.456 e. The molecule has 0 bridgehead atoms. The van der Waals surface area contributed by atoms with Gasteiger partial charge in [0.15, 0.2) is 12.4 Å². The Kier molecular flexibility index (Phi) is 6.60. The number of ketones is 1. The summed E-state index contributed by atoms with van der Waals surface area (Å²) in [7, 11) is 0. The van der Waals surface area contributed by atoms with E-state index in [1.807, 2.05) is 13.8 Å². The van der Waals surface area contributed by atoms with E-state index in [4.69, 9.17) is 4.74 Å². The molecule has 6 nitrogen and oxygen atoms in total. The zero-order chi connectivity index (χ0) is 18.4. The Morgan fingerprint density at radius 1 is 1.16 bits per heavy atom. The number of imide groups is 1. The molecule has 0 saturated heterocycles. The van der Waals surface area contributed by atoms with Crippen LogP contribution in [0.5, 0.6) is 0 Å². The van der Waals surface area contributed by atoms with Crippen LogP contribution in [0.3, 0.4) is 0 Å². The minimum absolute atomic E-state index is 0.0194. The number of Topliss-reactive ketones (excluding diaryl/α,β-unsaturated/α-hetero) is 1. The first-order chi connectivity index (χ1) is 11.9. The van der Waals surface area contributed by atoms with Gasteiger partial charge in [0, 0.05) is 21.7 Å². The molecule has 2 aromatic heterocycles. The second-order valence-electron chi connectivity index (χ2n) is 5.27. The predicted molar refractivity (Wildman–Crippen MR) is 95.1 cm³/mol. The van der Waals surface area contributed by atoms with Crippen molar-refractivity contribution in [2.45, 2.75) is 26.7 Å². The second-order valence-corrected chi connectivity index (χ2v) is 7.67. The van der Waals surface area contributed by atoms with Crippen LogP contribution in [0.25, 0.3) is 0 Å². The number of esters is 1. The fraction of sp³-hybridized carbons (Fsp3) is 0.294. The Balaban J connectivity index is 1.71. The summed E-state index contributed by atoms with van der Waals surface area (Å²) in [4.78, 5) is 49.3. The van der Waals surface area contributed by atoms with Crippen molar-refractivity contribution in [3.05, 3.63) is 43.8 Å². The lowest BCUT2D eigenvalue weighted by Gasteiger charge is -2.05. The number of ether oxygens (including phenoxy) is 1. The standard InChI is InChI=1S/C17H17NO5S2/c1-10-8-12(11(2)25-10)13(19)5-6-16(21)23-9-15(20)18-17(22)14-4-3-7-24-14/h3-4,7-8H,5-6,9H2,1-2H3,(H,18,20,22). The zero-order valence-corrected chi connectivity index (χ0v) is 15.4. The lowest BCUT2D eigenvalue weighted by Crippen LogP contribution is -2.33. The molecule has 0 aliphatic rings. The molecule has 0 aliphatic heterocycles. The number of carbonyl (C=O) groups is 4. The van der Waals surface area contributed by atoms with E-state index in [1.165, 1.54) is 22.7 Å². The van der Waals surface area contributed by atoms with Gasteiger partial charge in [-0.15, -0.1) is 22.7 Å². The van der Waals surface area contributed by atoms with Gasteiger partial charge >= 0.3 is 5.97 Å². The van der Waals surface area contributed by atoms with Gasteiger partial charge in [0.1, 0.15) is 0 Å². The molecule has 0 spiro atoms. The Labute approximate surface area is 152 Å². The summed E-state index contributed by atoms with van der Waals surface area (Å²) in [5.41, 5.74) is 0.620. The highest BCUT2D eigenvalue weighted by molar-refractivity contribution is 7.12. The molecule has 25 heavy (non-hydrogen) atoms. The topological polar surface area (TPSA) is 89.5 Å². The zero-order valence-electron chi connectivity index (χ0n) is 13.8. The van der Waals surface area contributed by atoms with Crippen molar-refractivity contribution in [1.29, 1.82) is 0 Å². The number of amides is 2. The van der Waals surface area contributed by atoms with Crippen LogP contribution in [0.1, 0.15) is 42.6 Å². The monoisotopic (exact) mass is 379 g/mol. The van der Waals surface area contributed by atoms with E-state index in [-0.39, 0.29) is 18.6 Å². The first kappa shape index (κ1) is 19.0. The van der Waals surface area contributed by atoms with Crippen molar-refractivity contribution in [1.82, 2.24) is 5.32 Å². The minimum atomic E-state index is -0.706. The van der Waals surface area contributed by atoms with Crippen molar-refractivity contribution in [3.63, 3.8) is 0 Å². The molecule has 0 fully saturated rings. The third kappa shape index (κ3) is 5.61. The maximum absolute atomic E-state index is 12.1. The quantitative estimate of drug-likeness (QED) is 0.590. The summed E-state index contributed by atoms with van der Waals surface area (Å²) >= 11 is 2.73. The van der Waals surface area contributed by atoms with E-state index in [9.17, 15) is 19.2 Å². The Bertz CT molecular complexity index is 792. The molecule has 0 atom stereocenters. The van der Waals surface area contributed by atoms with Gasteiger partial charge in [0.05, 0.1) is 11.3 Å². The summed E-state index contributed by atoms with van der Waals surface area (Å²) in [5, 5.41) is 3.84. The van der Waals surface area contributed by atoms with E-state index in [0.29, 0.717) is 10.4 Å². The molecule has 0 aliphatic carbocycles. The van der Waals surface area contributed by atoms with Gasteiger partial charge in [-0.2, -0.15) is 0 Å². The number of hydrogen-bond donors (Lipinski definition) is 1. The van der Waals surface area contributed by atoms with Gasteiger partial charge < -0.3 is 4.74 Å². The van der Waals surface area contributed by atoms with Crippen LogP contribution in [-0.2, 0) is 14.3 Å². The fourth-order valence-electron chi connectivity index (χ4n) is 2.11. The number of nitrogens with one attached hydrogen (secondary N) is 1. The molecule has 0 unspecified atom stereocenters. The molecular formula is C17H17NO5S2. The van der Waals surface area contributed by atoms with Crippen LogP contribution in [-0.4, -0.2) is 30.2 Å². The van der Waals surface area contributed by atoms with Gasteiger partial charge in [-0.3, -0.25) is 24.5 Å². The van der Waals surface area contributed by atoms with Crippen molar-refractivity contribution < 1.29 is 23.9 Å². The molecular weight excluding hydrogens is 362 g/mol. The molecule has 0 saturated carbocycles. The van der Waals surface area contributed by atoms with E-state index in [0.717, 1.165) is 9.75 Å². The summed E-state index contributed by atoms with van der Waals surface area (Å²) in [5.74, 6) is -2.02. The van der Waals surface area contributed by atoms with E-state index in [1.54, 1.807) is 23.6 Å². The molecule has 2 rings (SSSR count). The van der Waals surface area contributed by atoms with E-state index < -0.39 is 24.4 Å². The molecule has 2 heterocycles. The molecule has 0 aromatic carbocycles. The van der Waals surface area contributed by atoms with Crippen LogP contribution >= 0.6 is 22.7 Å². The normalized spacial score (nSPS) is 10.3. The van der Waals surface area contributed by atoms with Gasteiger partial charge in [-0.25, -0.2) is 0 Å². The van der Waals surface area contributed by atoms with E-state index in [2.05, 4.69) is 5.32 Å². The van der Waals surface area contributed by atoms with Gasteiger partial charge in [-0.1, -0.05) is 6.07 Å². The van der Waals surface area contributed by atoms with Crippen molar-refractivity contribution in [2.75, 3.05) is 6.61 Å². The van der Waals surface area contributed by atoms with Gasteiger partial charge in [0.2, 0.25) is 0 Å². The summed E-state index contributed by atoms with van der Waals surface area (Å²) in [6.45, 7) is 3.22. The van der Waals surface area contributed by atoms with Crippen molar-refractivity contribution in [3.8, 4) is 0 Å². The van der Waals surface area contributed by atoms with Crippen LogP contribution in [0, 0.1) is 13.8 Å². The first-order valence-electron chi connectivity index (χ1n) is 7.50. The van der Waals surface area contributed by atoms with Gasteiger partial charge in [0.25, 0.3) is 11.8 Å². The van der Waals surface area contributed by atoms with Crippen LogP contribution in [0.15, 0.2) is 23.6 Å². The Morgan fingerprint density at radius 2 is 1.92 bits per heavy atom. The third-order valence-corrected chi connectivity index (χ3v) is 5.09. The molecule has 2 amide bonds. The highest BCUT2D eigenvalue weighted by atomic mass is 32.1. The molecule has 2 aromatic rings. The average molecular weight is 379 g/mol. The molecule has 0 radical (unpaired) electrons. The first-order valence-corrected chi connectivity index (χ1v) is 9.20. The van der Waals surface area contributed by atoms with Crippen molar-refractivity contribution >= 4 is 46.2 Å². The Morgan fingerprint density at radius 3 is 2.52 bits per heavy atom. The lowest BCUT2D eigenvalue weighted by molar-refractivity contribution is -0.148. The average Bonchev–Trinajstić information content (AvgIpc) is 3.20. The maximum Gasteiger partial charge on any atom is 0.306 e. The highest BCUT2D eigenvalue weighted by Crippen LogP contribution is 2.22.